The van der Waals surface area contributed by atoms with Gasteiger partial charge in [0.1, 0.15) is 5.75 Å². The van der Waals surface area contributed by atoms with Gasteiger partial charge in [-0.1, -0.05) is 12.1 Å². The first-order chi connectivity index (χ1) is 14.6. The number of para-hydroxylation sites is 2. The summed E-state index contributed by atoms with van der Waals surface area (Å²) < 4.78 is 5.48. The number of nitrogens with zero attached hydrogens (tertiary/aromatic N) is 6. The average molecular weight is 411 g/mol. The lowest BCUT2D eigenvalue weighted by molar-refractivity contribution is 0.0745. The van der Waals surface area contributed by atoms with Gasteiger partial charge in [-0.25, -0.2) is 9.97 Å². The van der Waals surface area contributed by atoms with Crippen molar-refractivity contribution in [2.45, 2.75) is 6.92 Å². The molecule has 0 saturated carbocycles. The zero-order valence-corrected chi connectivity index (χ0v) is 18.0. The molecule has 3 heterocycles. The van der Waals surface area contributed by atoms with Gasteiger partial charge in [-0.3, -0.25) is 4.79 Å². The summed E-state index contributed by atoms with van der Waals surface area (Å²) in [7, 11) is 3.81. The van der Waals surface area contributed by atoms with Crippen molar-refractivity contribution in [2.24, 2.45) is 0 Å². The first-order valence-corrected chi connectivity index (χ1v) is 10.5. The van der Waals surface area contributed by atoms with Crippen molar-refractivity contribution in [3.05, 3.63) is 41.7 Å². The van der Waals surface area contributed by atoms with Gasteiger partial charge in [0.25, 0.3) is 5.91 Å². The van der Waals surface area contributed by atoms with Gasteiger partial charge in [0.05, 0.1) is 24.1 Å². The molecule has 0 atom stereocenters. The van der Waals surface area contributed by atoms with Crippen LogP contribution in [0.1, 0.15) is 16.1 Å². The number of ether oxygens (including phenoxy) is 1. The van der Waals surface area contributed by atoms with Crippen LogP contribution < -0.4 is 14.5 Å². The van der Waals surface area contributed by atoms with Gasteiger partial charge in [-0.15, -0.1) is 0 Å². The van der Waals surface area contributed by atoms with E-state index >= 15 is 0 Å². The van der Waals surface area contributed by atoms with Crippen LogP contribution in [-0.4, -0.2) is 92.2 Å². The highest BCUT2D eigenvalue weighted by molar-refractivity contribution is 5.95. The van der Waals surface area contributed by atoms with Crippen LogP contribution >= 0.6 is 0 Å². The number of hydrogen-bond donors (Lipinski definition) is 0. The molecule has 2 aliphatic rings. The van der Waals surface area contributed by atoms with Gasteiger partial charge >= 0.3 is 0 Å². The second-order valence-corrected chi connectivity index (χ2v) is 7.91. The molecule has 30 heavy (non-hydrogen) atoms. The molecule has 0 unspecified atom stereocenters. The van der Waals surface area contributed by atoms with E-state index < -0.39 is 0 Å². The summed E-state index contributed by atoms with van der Waals surface area (Å²) in [6, 6.07) is 8.01. The minimum Gasteiger partial charge on any atom is -0.495 e. The molecule has 2 fully saturated rings. The number of methoxy groups -OCH3 is 1. The Balaban J connectivity index is 1.40. The molecule has 0 N–H and O–H groups in total. The smallest absolute Gasteiger partial charge is 0.257 e. The highest BCUT2D eigenvalue weighted by atomic mass is 16.5. The Morgan fingerprint density at radius 2 is 1.63 bits per heavy atom. The number of carbonyl (C=O) groups is 1. The van der Waals surface area contributed by atoms with E-state index in [1.54, 1.807) is 13.3 Å². The van der Waals surface area contributed by atoms with Gasteiger partial charge in [0.2, 0.25) is 5.95 Å². The lowest BCUT2D eigenvalue weighted by Crippen LogP contribution is -2.49. The zero-order valence-electron chi connectivity index (χ0n) is 18.0. The van der Waals surface area contributed by atoms with Crippen molar-refractivity contribution in [3.63, 3.8) is 0 Å². The van der Waals surface area contributed by atoms with Crippen LogP contribution in [0.25, 0.3) is 0 Å². The minimum atomic E-state index is 0.0112. The van der Waals surface area contributed by atoms with Crippen LogP contribution in [0.2, 0.25) is 0 Å². The summed E-state index contributed by atoms with van der Waals surface area (Å²) in [5, 5.41) is 0. The molecule has 0 aliphatic carbocycles. The number of likely N-dealkylation sites (N-methyl/N-ethyl adjacent to an activating group) is 1. The Hall–Kier alpha value is -2.87. The number of hydrogen-bond acceptors (Lipinski definition) is 7. The number of piperazine rings is 2. The lowest BCUT2D eigenvalue weighted by Gasteiger charge is -2.36. The summed E-state index contributed by atoms with van der Waals surface area (Å²) in [5.41, 5.74) is 2.41. The zero-order chi connectivity index (χ0) is 21.1. The number of amides is 1. The summed E-state index contributed by atoms with van der Waals surface area (Å²) in [4.78, 5) is 30.9. The summed E-state index contributed by atoms with van der Waals surface area (Å²) >= 11 is 0. The standard InChI is InChI=1S/C22H30N6O2/c1-17-18(16-23-22(24-17)28-10-8-25(2)9-11-28)21(29)27-14-12-26(13-15-27)19-6-4-5-7-20(19)30-3/h4-7,16H,8-15H2,1-3H3. The van der Waals surface area contributed by atoms with Gasteiger partial charge < -0.3 is 24.3 Å². The van der Waals surface area contributed by atoms with Crippen molar-refractivity contribution in [1.29, 1.82) is 0 Å². The molecule has 8 heteroatoms. The Bertz CT molecular complexity index is 889. The Morgan fingerprint density at radius 1 is 0.967 bits per heavy atom. The van der Waals surface area contributed by atoms with Crippen LogP contribution in [0.15, 0.2) is 30.5 Å². The van der Waals surface area contributed by atoms with E-state index in [1.165, 1.54) is 0 Å². The van der Waals surface area contributed by atoms with Crippen LogP contribution in [0.5, 0.6) is 5.75 Å². The predicted octanol–water partition coefficient (Wildman–Crippen LogP) is 1.51. The molecular weight excluding hydrogens is 380 g/mol. The van der Waals surface area contributed by atoms with Crippen molar-refractivity contribution in [2.75, 3.05) is 76.3 Å². The second kappa shape index (κ2) is 8.87. The molecule has 0 radical (unpaired) electrons. The fraction of sp³-hybridized carbons (Fsp3) is 0.500. The average Bonchev–Trinajstić information content (AvgIpc) is 2.79. The van der Waals surface area contributed by atoms with E-state index in [1.807, 2.05) is 30.0 Å². The molecule has 2 aromatic rings. The maximum absolute atomic E-state index is 13.1. The molecule has 1 aromatic heterocycles. The molecule has 2 saturated heterocycles. The third-order valence-corrected chi connectivity index (χ3v) is 5.98. The van der Waals surface area contributed by atoms with Crippen LogP contribution in [-0.2, 0) is 0 Å². The Morgan fingerprint density at radius 3 is 2.30 bits per heavy atom. The summed E-state index contributed by atoms with van der Waals surface area (Å²) in [6.07, 6.45) is 1.70. The molecule has 8 nitrogen and oxygen atoms in total. The van der Waals surface area contributed by atoms with E-state index in [4.69, 9.17) is 4.74 Å². The number of aryl methyl sites for hydroxylation is 1. The number of aromatic nitrogens is 2. The quantitative estimate of drug-likeness (QED) is 0.757. The second-order valence-electron chi connectivity index (χ2n) is 7.91. The highest BCUT2D eigenvalue weighted by Crippen LogP contribution is 2.28. The van der Waals surface area contributed by atoms with Gasteiger partial charge in [0, 0.05) is 58.6 Å². The van der Waals surface area contributed by atoms with Crippen molar-refractivity contribution in [3.8, 4) is 5.75 Å². The minimum absolute atomic E-state index is 0.0112. The van der Waals surface area contributed by atoms with Crippen LogP contribution in [0, 0.1) is 6.92 Å². The van der Waals surface area contributed by atoms with Crippen molar-refractivity contribution < 1.29 is 9.53 Å². The number of rotatable bonds is 4. The maximum atomic E-state index is 13.1. The van der Waals surface area contributed by atoms with E-state index in [-0.39, 0.29) is 5.91 Å². The van der Waals surface area contributed by atoms with Gasteiger partial charge in [0.15, 0.2) is 0 Å². The fourth-order valence-corrected chi connectivity index (χ4v) is 4.04. The van der Waals surface area contributed by atoms with Crippen LogP contribution in [0.3, 0.4) is 0 Å². The highest BCUT2D eigenvalue weighted by Gasteiger charge is 2.26. The molecule has 1 amide bonds. The maximum Gasteiger partial charge on any atom is 0.257 e. The number of carbonyl (C=O) groups excluding carboxylic acids is 1. The number of benzene rings is 1. The molecule has 0 spiro atoms. The van der Waals surface area contributed by atoms with Crippen molar-refractivity contribution >= 4 is 17.5 Å². The lowest BCUT2D eigenvalue weighted by atomic mass is 10.1. The van der Waals surface area contributed by atoms with E-state index in [2.05, 4.69) is 37.8 Å². The third-order valence-electron chi connectivity index (χ3n) is 5.98. The van der Waals surface area contributed by atoms with E-state index in [0.717, 1.165) is 62.3 Å². The Kier molecular flexibility index (Phi) is 6.03. The monoisotopic (exact) mass is 410 g/mol. The fourth-order valence-electron chi connectivity index (χ4n) is 4.04. The summed E-state index contributed by atoms with van der Waals surface area (Å²) in [6.45, 7) is 8.59. The topological polar surface area (TPSA) is 65.0 Å². The number of anilines is 2. The molecule has 1 aromatic carbocycles. The molecule has 160 valence electrons. The van der Waals surface area contributed by atoms with E-state index in [0.29, 0.717) is 18.7 Å². The summed E-state index contributed by atoms with van der Waals surface area (Å²) in [5.74, 6) is 1.59. The third kappa shape index (κ3) is 4.18. The van der Waals surface area contributed by atoms with Crippen LogP contribution in [0.4, 0.5) is 11.6 Å². The normalized spacial score (nSPS) is 17.9. The SMILES string of the molecule is COc1ccccc1N1CCN(C(=O)c2cnc(N3CCN(C)CC3)nc2C)CC1. The molecule has 4 rings (SSSR count). The molecular formula is C22H30N6O2. The van der Waals surface area contributed by atoms with Crippen molar-refractivity contribution in [1.82, 2.24) is 19.8 Å². The first-order valence-electron chi connectivity index (χ1n) is 10.5. The van der Waals surface area contributed by atoms with E-state index in [9.17, 15) is 4.79 Å². The van der Waals surface area contributed by atoms with Gasteiger partial charge in [-0.2, -0.15) is 0 Å². The molecule has 2 aliphatic heterocycles. The Labute approximate surface area is 178 Å². The van der Waals surface area contributed by atoms with Gasteiger partial charge in [-0.05, 0) is 26.1 Å². The predicted molar refractivity (Wildman–Crippen MR) is 118 cm³/mol. The molecule has 0 bridgehead atoms. The largest absolute Gasteiger partial charge is 0.495 e. The first kappa shape index (κ1) is 20.4.